The molecule has 0 radical (unpaired) electrons. The Bertz CT molecular complexity index is 766. The number of hydrogen-bond donors (Lipinski definition) is 1. The highest BCUT2D eigenvalue weighted by Crippen LogP contribution is 2.28. The largest absolute Gasteiger partial charge is 0.497 e. The first-order chi connectivity index (χ1) is 11.5. The van der Waals surface area contributed by atoms with Gasteiger partial charge in [-0.3, -0.25) is 10.1 Å². The van der Waals surface area contributed by atoms with E-state index in [0.717, 1.165) is 11.3 Å². The number of aromatic nitrogens is 1. The highest BCUT2D eigenvalue weighted by Gasteiger charge is 2.19. The number of hydrogen-bond acceptors (Lipinski definition) is 6. The Kier molecular flexibility index (Phi) is 5.32. The quantitative estimate of drug-likeness (QED) is 0.642. The molecule has 124 valence electrons. The van der Waals surface area contributed by atoms with Gasteiger partial charge in [-0.15, -0.1) is 0 Å². The molecule has 0 fully saturated rings. The van der Waals surface area contributed by atoms with E-state index in [1.54, 1.807) is 13.2 Å². The van der Waals surface area contributed by atoms with Crippen LogP contribution in [0.2, 0.25) is 0 Å². The van der Waals surface area contributed by atoms with Crippen LogP contribution in [0.5, 0.6) is 5.75 Å². The number of nitriles is 1. The smallest absolute Gasteiger partial charge is 0.305 e. The van der Waals surface area contributed by atoms with Gasteiger partial charge < -0.3 is 10.1 Å². The second kappa shape index (κ2) is 7.42. The van der Waals surface area contributed by atoms with Crippen LogP contribution in [-0.4, -0.2) is 17.0 Å². The van der Waals surface area contributed by atoms with Gasteiger partial charge in [-0.05, 0) is 29.7 Å². The molecule has 7 heteroatoms. The molecule has 0 bridgehead atoms. The van der Waals surface area contributed by atoms with Crippen LogP contribution in [-0.2, 0) is 0 Å². The van der Waals surface area contributed by atoms with Gasteiger partial charge in [0.15, 0.2) is 0 Å². The van der Waals surface area contributed by atoms with Crippen LogP contribution in [0.4, 0.5) is 11.5 Å². The zero-order valence-electron chi connectivity index (χ0n) is 13.7. The third-order valence-corrected chi connectivity index (χ3v) is 3.62. The topological polar surface area (TPSA) is 101 Å². The first-order valence-corrected chi connectivity index (χ1v) is 7.42. The van der Waals surface area contributed by atoms with Gasteiger partial charge in [-0.25, -0.2) is 4.98 Å². The minimum atomic E-state index is -0.612. The maximum Gasteiger partial charge on any atom is 0.305 e. The van der Waals surface area contributed by atoms with Crippen molar-refractivity contribution >= 4 is 11.5 Å². The second-order valence-corrected chi connectivity index (χ2v) is 5.57. The fourth-order valence-electron chi connectivity index (χ4n) is 2.37. The molecule has 7 nitrogen and oxygen atoms in total. The van der Waals surface area contributed by atoms with Crippen molar-refractivity contribution in [3.05, 3.63) is 57.8 Å². The van der Waals surface area contributed by atoms with Crippen molar-refractivity contribution in [2.24, 2.45) is 5.92 Å². The van der Waals surface area contributed by atoms with E-state index in [1.165, 1.54) is 12.1 Å². The second-order valence-electron chi connectivity index (χ2n) is 5.57. The molecule has 24 heavy (non-hydrogen) atoms. The van der Waals surface area contributed by atoms with Crippen molar-refractivity contribution in [3.8, 4) is 11.8 Å². The van der Waals surface area contributed by atoms with E-state index in [0.29, 0.717) is 5.82 Å². The summed E-state index contributed by atoms with van der Waals surface area (Å²) in [5.74, 6) is 1.43. The Morgan fingerprint density at radius 1 is 1.25 bits per heavy atom. The fraction of sp³-hybridized carbons (Fsp3) is 0.294. The van der Waals surface area contributed by atoms with Gasteiger partial charge >= 0.3 is 5.69 Å². The van der Waals surface area contributed by atoms with Crippen LogP contribution in [0.1, 0.15) is 31.1 Å². The van der Waals surface area contributed by atoms with Crippen LogP contribution in [0.15, 0.2) is 36.4 Å². The zero-order valence-corrected chi connectivity index (χ0v) is 13.7. The number of ether oxygens (including phenoxy) is 1. The predicted octanol–water partition coefficient (Wildman–Crippen LogP) is 3.68. The van der Waals surface area contributed by atoms with Crippen molar-refractivity contribution in [1.82, 2.24) is 4.98 Å². The van der Waals surface area contributed by atoms with E-state index in [2.05, 4.69) is 24.1 Å². The van der Waals surface area contributed by atoms with Crippen molar-refractivity contribution in [1.29, 1.82) is 5.26 Å². The van der Waals surface area contributed by atoms with Crippen molar-refractivity contribution in [3.63, 3.8) is 0 Å². The number of nitro groups is 1. The molecule has 0 saturated carbocycles. The van der Waals surface area contributed by atoms with Crippen LogP contribution >= 0.6 is 0 Å². The van der Waals surface area contributed by atoms with E-state index >= 15 is 0 Å². The zero-order chi connectivity index (χ0) is 17.7. The highest BCUT2D eigenvalue weighted by molar-refractivity contribution is 5.51. The summed E-state index contributed by atoms with van der Waals surface area (Å²) in [5, 5.41) is 23.2. The summed E-state index contributed by atoms with van der Waals surface area (Å²) in [6, 6.07) is 12.2. The van der Waals surface area contributed by atoms with Gasteiger partial charge in [-0.1, -0.05) is 26.0 Å². The molecule has 2 rings (SSSR count). The van der Waals surface area contributed by atoms with E-state index in [1.807, 2.05) is 24.3 Å². The van der Waals surface area contributed by atoms with Crippen molar-refractivity contribution < 1.29 is 9.66 Å². The maximum atomic E-state index is 10.9. The molecule has 1 aromatic carbocycles. The molecule has 0 saturated heterocycles. The molecular weight excluding hydrogens is 308 g/mol. The van der Waals surface area contributed by atoms with E-state index in [-0.39, 0.29) is 23.3 Å². The lowest BCUT2D eigenvalue weighted by atomic mass is 9.96. The van der Waals surface area contributed by atoms with Crippen LogP contribution < -0.4 is 10.1 Å². The molecule has 0 amide bonds. The van der Waals surface area contributed by atoms with Crippen LogP contribution in [0, 0.1) is 27.4 Å². The van der Waals surface area contributed by atoms with Gasteiger partial charge in [0.25, 0.3) is 0 Å². The first-order valence-electron chi connectivity index (χ1n) is 7.42. The van der Waals surface area contributed by atoms with E-state index < -0.39 is 4.92 Å². The van der Waals surface area contributed by atoms with Crippen molar-refractivity contribution in [2.45, 2.75) is 19.9 Å². The molecule has 1 aromatic heterocycles. The molecule has 0 aliphatic carbocycles. The lowest BCUT2D eigenvalue weighted by Gasteiger charge is -2.23. The third-order valence-electron chi connectivity index (χ3n) is 3.62. The molecule has 1 heterocycles. The number of rotatable bonds is 6. The summed E-state index contributed by atoms with van der Waals surface area (Å²) in [5.41, 5.74) is 0.528. The maximum absolute atomic E-state index is 10.9. The lowest BCUT2D eigenvalue weighted by molar-refractivity contribution is -0.385. The van der Waals surface area contributed by atoms with E-state index in [4.69, 9.17) is 10.00 Å². The van der Waals surface area contributed by atoms with Crippen LogP contribution in [0.25, 0.3) is 0 Å². The Morgan fingerprint density at radius 3 is 2.42 bits per heavy atom. The summed E-state index contributed by atoms with van der Waals surface area (Å²) >= 11 is 0. The van der Waals surface area contributed by atoms with Gasteiger partial charge in [0.05, 0.1) is 18.1 Å². The summed E-state index contributed by atoms with van der Waals surface area (Å²) in [4.78, 5) is 14.3. The molecule has 2 aromatic rings. The van der Waals surface area contributed by atoms with E-state index in [9.17, 15) is 10.1 Å². The Balaban J connectivity index is 2.31. The standard InChI is InChI=1S/C17H18N4O3/c1-11(2)17(12-4-6-13(24-3)7-5-12)20-16-9-8-15(21(22)23)14(10-18)19-16/h4-9,11,17H,1-3H3,(H,19,20). The molecule has 1 atom stereocenters. The normalized spacial score (nSPS) is 11.6. The average molecular weight is 326 g/mol. The molecule has 0 aliphatic rings. The molecule has 0 spiro atoms. The molecule has 1 N–H and O–H groups in total. The number of anilines is 1. The molecular formula is C17H18N4O3. The first kappa shape index (κ1) is 17.2. The lowest BCUT2D eigenvalue weighted by Crippen LogP contribution is -2.17. The van der Waals surface area contributed by atoms with Crippen molar-refractivity contribution in [2.75, 3.05) is 12.4 Å². The minimum absolute atomic E-state index is 0.0589. The highest BCUT2D eigenvalue weighted by atomic mass is 16.6. The van der Waals surface area contributed by atoms with Gasteiger partial charge in [0.1, 0.15) is 17.6 Å². The molecule has 1 unspecified atom stereocenters. The number of methoxy groups -OCH3 is 1. The monoisotopic (exact) mass is 326 g/mol. The summed E-state index contributed by atoms with van der Waals surface area (Å²) in [7, 11) is 1.61. The Labute approximate surface area is 140 Å². The Morgan fingerprint density at radius 2 is 1.92 bits per heavy atom. The predicted molar refractivity (Wildman–Crippen MR) is 89.8 cm³/mol. The van der Waals surface area contributed by atoms with Gasteiger partial charge in [0, 0.05) is 6.07 Å². The third kappa shape index (κ3) is 3.79. The summed E-state index contributed by atoms with van der Waals surface area (Å²) < 4.78 is 5.16. The molecule has 0 aliphatic heterocycles. The average Bonchev–Trinajstić information content (AvgIpc) is 2.59. The summed E-state index contributed by atoms with van der Waals surface area (Å²) in [6.07, 6.45) is 0. The number of pyridine rings is 1. The minimum Gasteiger partial charge on any atom is -0.497 e. The number of nitrogens with one attached hydrogen (secondary N) is 1. The SMILES string of the molecule is COc1ccc(C(Nc2ccc([N+](=O)[O-])c(C#N)n2)C(C)C)cc1. The van der Waals surface area contributed by atoms with Crippen LogP contribution in [0.3, 0.4) is 0 Å². The van der Waals surface area contributed by atoms with Gasteiger partial charge in [0.2, 0.25) is 5.69 Å². The summed E-state index contributed by atoms with van der Waals surface area (Å²) in [6.45, 7) is 4.11. The number of benzene rings is 1. The Hall–Kier alpha value is -3.14. The number of nitrogens with zero attached hydrogens (tertiary/aromatic N) is 3. The fourth-order valence-corrected chi connectivity index (χ4v) is 2.37. The van der Waals surface area contributed by atoms with Gasteiger partial charge in [-0.2, -0.15) is 5.26 Å².